The molecule has 0 saturated heterocycles. The highest BCUT2D eigenvalue weighted by molar-refractivity contribution is 7.09. The Morgan fingerprint density at radius 3 is 2.15 bits per heavy atom. The van der Waals surface area contributed by atoms with E-state index >= 15 is 0 Å². The number of thiazole rings is 1. The Hall–Kier alpha value is -2.51. The minimum atomic E-state index is -0.244. The van der Waals surface area contributed by atoms with Crippen LogP contribution in [0.1, 0.15) is 122 Å². The number of rotatable bonds is 19. The van der Waals surface area contributed by atoms with Gasteiger partial charge in [-0.05, 0) is 50.6 Å². The van der Waals surface area contributed by atoms with Crippen LogP contribution in [0.4, 0.5) is 5.69 Å². The lowest BCUT2D eigenvalue weighted by Crippen LogP contribution is -3.00. The highest BCUT2D eigenvalue weighted by Crippen LogP contribution is 2.23. The van der Waals surface area contributed by atoms with Gasteiger partial charge < -0.3 is 27.0 Å². The van der Waals surface area contributed by atoms with Crippen molar-refractivity contribution in [1.82, 2.24) is 0 Å². The first-order valence-electron chi connectivity index (χ1n) is 15.1. The van der Waals surface area contributed by atoms with Gasteiger partial charge in [0.2, 0.25) is 5.51 Å². The number of carbonyl (C=O) groups is 2. The quantitative estimate of drug-likeness (QED) is 0.100. The maximum absolute atomic E-state index is 13.0. The van der Waals surface area contributed by atoms with E-state index in [1.807, 2.05) is 24.3 Å². The zero-order valence-corrected chi connectivity index (χ0v) is 27.5. The van der Waals surface area contributed by atoms with Crippen molar-refractivity contribution in [3.63, 3.8) is 0 Å². The molecular formula is C34H47BrN2O3S. The van der Waals surface area contributed by atoms with Crippen LogP contribution >= 0.6 is 11.3 Å². The van der Waals surface area contributed by atoms with Crippen molar-refractivity contribution in [2.75, 3.05) is 11.9 Å². The molecule has 0 aliphatic heterocycles. The summed E-state index contributed by atoms with van der Waals surface area (Å²) in [5.41, 5.74) is 4.81. The topological polar surface area (TPSA) is 59.3 Å². The molecule has 0 aliphatic carbocycles. The van der Waals surface area contributed by atoms with Gasteiger partial charge in [0.1, 0.15) is 5.75 Å². The lowest BCUT2D eigenvalue weighted by molar-refractivity contribution is -0.683. The molecule has 5 nitrogen and oxygen atoms in total. The van der Waals surface area contributed by atoms with Crippen LogP contribution in [0.25, 0.3) is 0 Å². The number of aromatic nitrogens is 1. The van der Waals surface area contributed by atoms with Gasteiger partial charge in [-0.2, -0.15) is 4.57 Å². The first-order chi connectivity index (χ1) is 19.5. The zero-order chi connectivity index (χ0) is 28.6. The van der Waals surface area contributed by atoms with Crippen molar-refractivity contribution in [3.05, 3.63) is 75.7 Å². The number of Topliss-reactive ketones (excluding diaryl/α,β-unsaturated/α-hetero) is 1. The third-order valence-electron chi connectivity index (χ3n) is 7.15. The fourth-order valence-corrected chi connectivity index (χ4v) is 5.52. The van der Waals surface area contributed by atoms with Gasteiger partial charge in [-0.25, -0.2) is 0 Å². The van der Waals surface area contributed by atoms with Crippen molar-refractivity contribution < 1.29 is 35.9 Å². The zero-order valence-electron chi connectivity index (χ0n) is 25.1. The van der Waals surface area contributed by atoms with Gasteiger partial charge in [-0.15, -0.1) is 0 Å². The van der Waals surface area contributed by atoms with Gasteiger partial charge in [-0.1, -0.05) is 101 Å². The minimum absolute atomic E-state index is 0. The van der Waals surface area contributed by atoms with Crippen molar-refractivity contribution in [3.8, 4) is 5.75 Å². The summed E-state index contributed by atoms with van der Waals surface area (Å²) in [6, 6.07) is 13.0. The second kappa shape index (κ2) is 19.6. The van der Waals surface area contributed by atoms with Crippen molar-refractivity contribution in [2.45, 2.75) is 104 Å². The summed E-state index contributed by atoms with van der Waals surface area (Å²) in [6.07, 6.45) is 17.6. The Morgan fingerprint density at radius 2 is 1.54 bits per heavy atom. The summed E-state index contributed by atoms with van der Waals surface area (Å²) in [5, 5.41) is 2.97. The summed E-state index contributed by atoms with van der Waals surface area (Å²) in [7, 11) is 0. The monoisotopic (exact) mass is 642 g/mol. The molecule has 0 unspecified atom stereocenters. The van der Waals surface area contributed by atoms with Gasteiger partial charge >= 0.3 is 0 Å². The first kappa shape index (κ1) is 34.7. The number of anilines is 1. The van der Waals surface area contributed by atoms with E-state index in [2.05, 4.69) is 35.4 Å². The Morgan fingerprint density at radius 1 is 0.878 bits per heavy atom. The van der Waals surface area contributed by atoms with Crippen molar-refractivity contribution in [1.29, 1.82) is 0 Å². The summed E-state index contributed by atoms with van der Waals surface area (Å²) < 4.78 is 8.10. The van der Waals surface area contributed by atoms with E-state index in [0.717, 1.165) is 30.6 Å². The molecule has 0 spiro atoms. The largest absolute Gasteiger partial charge is 1.00 e. The Kier molecular flexibility index (Phi) is 16.6. The third kappa shape index (κ3) is 12.9. The number of unbranched alkanes of at least 4 members (excludes halogenated alkanes) is 11. The van der Waals surface area contributed by atoms with E-state index in [1.165, 1.54) is 76.0 Å². The number of benzene rings is 2. The van der Waals surface area contributed by atoms with Crippen molar-refractivity contribution >= 4 is 28.7 Å². The van der Waals surface area contributed by atoms with E-state index in [4.69, 9.17) is 4.74 Å². The molecule has 1 amide bonds. The molecule has 2 aromatic carbocycles. The molecule has 7 heteroatoms. The average Bonchev–Trinajstić information content (AvgIpc) is 3.35. The molecule has 0 fully saturated rings. The molecule has 41 heavy (non-hydrogen) atoms. The average molecular weight is 644 g/mol. The molecular weight excluding hydrogens is 596 g/mol. The maximum atomic E-state index is 13.0. The summed E-state index contributed by atoms with van der Waals surface area (Å²) in [4.78, 5) is 26.6. The van der Waals surface area contributed by atoms with Crippen LogP contribution in [0.3, 0.4) is 0 Å². The molecule has 0 radical (unpaired) electrons. The predicted molar refractivity (Wildman–Crippen MR) is 166 cm³/mol. The van der Waals surface area contributed by atoms with Crippen LogP contribution < -0.4 is 31.6 Å². The Balaban J connectivity index is 0.00000588. The smallest absolute Gasteiger partial charge is 0.255 e. The van der Waals surface area contributed by atoms with Gasteiger partial charge in [0.05, 0.1) is 17.0 Å². The van der Waals surface area contributed by atoms with E-state index in [1.54, 1.807) is 29.5 Å². The van der Waals surface area contributed by atoms with Gasteiger partial charge in [0.15, 0.2) is 18.5 Å². The van der Waals surface area contributed by atoms with Gasteiger partial charge in [0, 0.05) is 16.8 Å². The molecule has 0 bridgehead atoms. The molecule has 3 aromatic rings. The number of nitrogens with one attached hydrogen (secondary N) is 1. The van der Waals surface area contributed by atoms with Gasteiger partial charge in [0.25, 0.3) is 5.91 Å². The Labute approximate surface area is 261 Å². The third-order valence-corrected chi connectivity index (χ3v) is 8.00. The van der Waals surface area contributed by atoms with E-state index in [0.29, 0.717) is 23.5 Å². The molecule has 1 N–H and O–H groups in total. The number of aryl methyl sites for hydroxylation is 1. The van der Waals surface area contributed by atoms with Crippen LogP contribution in [0.5, 0.6) is 5.75 Å². The lowest BCUT2D eigenvalue weighted by Gasteiger charge is -2.12. The number of hydrogen-bond donors (Lipinski definition) is 1. The second-order valence-corrected chi connectivity index (χ2v) is 11.9. The molecule has 224 valence electrons. The maximum Gasteiger partial charge on any atom is 0.255 e. The summed E-state index contributed by atoms with van der Waals surface area (Å²) >= 11 is 1.71. The van der Waals surface area contributed by atoms with Crippen LogP contribution in [-0.2, 0) is 6.54 Å². The number of nitrogens with zero attached hydrogens (tertiary/aromatic N) is 1. The summed E-state index contributed by atoms with van der Waals surface area (Å²) in [6.45, 7) is 7.19. The minimum Gasteiger partial charge on any atom is -1.00 e. The number of ether oxygens (including phenoxy) is 1. The Bertz CT molecular complexity index is 1210. The van der Waals surface area contributed by atoms with Gasteiger partial charge in [-0.3, -0.25) is 9.59 Å². The molecule has 1 aromatic heterocycles. The number of amides is 1. The van der Waals surface area contributed by atoms with E-state index < -0.39 is 0 Å². The molecule has 0 aliphatic rings. The second-order valence-electron chi connectivity index (χ2n) is 10.8. The molecule has 0 saturated carbocycles. The predicted octanol–water partition coefficient (Wildman–Crippen LogP) is 5.93. The fourth-order valence-electron chi connectivity index (χ4n) is 4.89. The van der Waals surface area contributed by atoms with Crippen molar-refractivity contribution in [2.24, 2.45) is 0 Å². The summed E-state index contributed by atoms with van der Waals surface area (Å²) in [5.74, 6) is 0.202. The number of hydrogen-bond acceptors (Lipinski definition) is 4. The standard InChI is InChI=1S/C34H46N2O3S.BrH/c1-4-5-6-7-8-9-10-11-12-13-14-15-21-39-33-20-19-30(23-32(33)28(3)37)34(38)35-31-18-16-17-29(22-31)25-36-24-27(2)40-26-36;/h16-20,22-24,26H,4-15,21,25H2,1-3H3;1H. The number of ketones is 1. The lowest BCUT2D eigenvalue weighted by atomic mass is 10.1. The molecule has 3 rings (SSSR count). The normalized spacial score (nSPS) is 10.7. The first-order valence-corrected chi connectivity index (χ1v) is 16.0. The van der Waals surface area contributed by atoms with Crippen LogP contribution in [-0.4, -0.2) is 18.3 Å². The van der Waals surface area contributed by atoms with Crippen LogP contribution in [0.2, 0.25) is 0 Å². The number of carbonyl (C=O) groups excluding carboxylic acids is 2. The fraction of sp³-hybridized carbons (Fsp3) is 0.500. The SMILES string of the molecule is CCCCCCCCCCCCCCOc1ccc(C(=O)Nc2cccc(C[n+]3csc(C)c3)c2)cc1C(C)=O.[Br-]. The number of halogens is 1. The van der Waals surface area contributed by atoms with Crippen LogP contribution in [0.15, 0.2) is 54.2 Å². The highest BCUT2D eigenvalue weighted by atomic mass is 79.9. The van der Waals surface area contributed by atoms with Crippen LogP contribution in [0, 0.1) is 6.92 Å². The van der Waals surface area contributed by atoms with E-state index in [9.17, 15) is 9.59 Å². The van der Waals surface area contributed by atoms with E-state index in [-0.39, 0.29) is 28.7 Å². The highest BCUT2D eigenvalue weighted by Gasteiger charge is 2.15. The molecule has 0 atom stereocenters. The molecule has 1 heterocycles.